The van der Waals surface area contributed by atoms with Crippen molar-refractivity contribution in [3.8, 4) is 0 Å². The molecule has 3 heterocycles. The van der Waals surface area contributed by atoms with Gasteiger partial charge in [-0.1, -0.05) is 0 Å². The molecule has 0 aromatic rings. The number of aliphatic hydroxyl groups is 2. The first kappa shape index (κ1) is 14.6. The number of alkyl halides is 2. The molecule has 1 amide bonds. The van der Waals surface area contributed by atoms with Gasteiger partial charge >= 0.3 is 5.92 Å². The molecule has 0 bridgehead atoms. The van der Waals surface area contributed by atoms with E-state index in [4.69, 9.17) is 9.47 Å². The predicted octanol–water partition coefficient (Wildman–Crippen LogP) is -0.894. The molecule has 0 spiro atoms. The molecule has 0 saturated carbocycles. The summed E-state index contributed by atoms with van der Waals surface area (Å²) in [6.45, 7) is 2.74. The third-order valence-electron chi connectivity index (χ3n) is 3.80. The van der Waals surface area contributed by atoms with Gasteiger partial charge in [0, 0.05) is 11.8 Å². The smallest absolute Gasteiger partial charge is 0.319 e. The summed E-state index contributed by atoms with van der Waals surface area (Å²) in [5, 5.41) is 21.6. The summed E-state index contributed by atoms with van der Waals surface area (Å²) in [6, 6.07) is 0. The lowest BCUT2D eigenvalue weighted by Crippen LogP contribution is -2.49. The number of rotatable bonds is 2. The van der Waals surface area contributed by atoms with E-state index in [0.29, 0.717) is 0 Å². The lowest BCUT2D eigenvalue weighted by molar-refractivity contribution is -0.164. The van der Waals surface area contributed by atoms with Crippen LogP contribution >= 0.6 is 0 Å². The molecule has 118 valence electrons. The van der Waals surface area contributed by atoms with Crippen LogP contribution in [0, 0.1) is 0 Å². The van der Waals surface area contributed by atoms with Crippen LogP contribution in [-0.4, -0.2) is 63.9 Å². The van der Waals surface area contributed by atoms with Crippen LogP contribution in [-0.2, 0) is 14.3 Å². The molecular formula is C12H16F2N2O5. The molecule has 6 atom stereocenters. The van der Waals surface area contributed by atoms with Crippen molar-refractivity contribution in [1.82, 2.24) is 10.2 Å². The molecule has 3 rings (SSSR count). The van der Waals surface area contributed by atoms with E-state index in [9.17, 15) is 23.8 Å². The second-order valence-corrected chi connectivity index (χ2v) is 5.49. The molecule has 21 heavy (non-hydrogen) atoms. The van der Waals surface area contributed by atoms with E-state index in [1.807, 2.05) is 0 Å². The number of halogens is 2. The molecule has 0 aliphatic carbocycles. The Hall–Kier alpha value is -1.29. The molecule has 2 saturated heterocycles. The first-order valence-corrected chi connectivity index (χ1v) is 6.55. The van der Waals surface area contributed by atoms with Gasteiger partial charge in [0.1, 0.15) is 6.10 Å². The fourth-order valence-corrected chi connectivity index (χ4v) is 2.56. The van der Waals surface area contributed by atoms with E-state index in [0.717, 1.165) is 4.90 Å². The number of hydrogen-bond donors (Lipinski definition) is 3. The number of nitrogens with one attached hydrogen (secondary N) is 1. The minimum atomic E-state index is -3.61. The van der Waals surface area contributed by atoms with Crippen molar-refractivity contribution in [2.45, 2.75) is 56.8 Å². The van der Waals surface area contributed by atoms with Gasteiger partial charge in [-0.25, -0.2) is 0 Å². The highest BCUT2D eigenvalue weighted by atomic mass is 19.3. The summed E-state index contributed by atoms with van der Waals surface area (Å²) in [4.78, 5) is 12.7. The first-order valence-electron chi connectivity index (χ1n) is 6.55. The Morgan fingerprint density at radius 2 is 2.14 bits per heavy atom. The van der Waals surface area contributed by atoms with Crippen molar-refractivity contribution >= 4 is 5.91 Å². The molecular weight excluding hydrogens is 290 g/mol. The largest absolute Gasteiger partial charge is 0.391 e. The third kappa shape index (κ3) is 2.20. The minimum absolute atomic E-state index is 0.222. The molecule has 3 aliphatic heterocycles. The molecule has 3 aliphatic rings. The zero-order valence-electron chi connectivity index (χ0n) is 11.4. The average molecular weight is 306 g/mol. The fraction of sp³-hybridized carbons (Fsp3) is 0.750. The number of amides is 1. The Kier molecular flexibility index (Phi) is 3.21. The van der Waals surface area contributed by atoms with Crippen LogP contribution in [0.25, 0.3) is 0 Å². The average Bonchev–Trinajstić information content (AvgIpc) is 3.10. The maximum absolute atomic E-state index is 14.2. The lowest BCUT2D eigenvalue weighted by Gasteiger charge is -2.29. The highest BCUT2D eigenvalue weighted by Crippen LogP contribution is 2.43. The van der Waals surface area contributed by atoms with Crippen LogP contribution in [0.3, 0.4) is 0 Å². The molecule has 0 aromatic carbocycles. The van der Waals surface area contributed by atoms with Crippen LogP contribution in [0.1, 0.15) is 13.8 Å². The van der Waals surface area contributed by atoms with Gasteiger partial charge in [-0.05, 0) is 13.8 Å². The van der Waals surface area contributed by atoms with Crippen molar-refractivity contribution < 1.29 is 33.3 Å². The summed E-state index contributed by atoms with van der Waals surface area (Å²) in [5.41, 5.74) is 0.222. The molecule has 0 radical (unpaired) electrons. The topological polar surface area (TPSA) is 94.6 Å². The Morgan fingerprint density at radius 3 is 2.71 bits per heavy atom. The Labute approximate surface area is 119 Å². The van der Waals surface area contributed by atoms with E-state index in [2.05, 4.69) is 5.32 Å². The normalized spacial score (nSPS) is 42.8. The Balaban J connectivity index is 1.90. The van der Waals surface area contributed by atoms with Crippen molar-refractivity contribution in [2.24, 2.45) is 0 Å². The summed E-state index contributed by atoms with van der Waals surface area (Å²) < 4.78 is 38.7. The number of carbonyl (C=O) groups is 1. The first-order chi connectivity index (χ1) is 9.73. The number of hydrogen-bond acceptors (Lipinski definition) is 6. The van der Waals surface area contributed by atoms with Gasteiger partial charge in [0.15, 0.2) is 24.8 Å². The highest BCUT2D eigenvalue weighted by molar-refractivity contribution is 5.93. The quantitative estimate of drug-likeness (QED) is 0.573. The van der Waals surface area contributed by atoms with Gasteiger partial charge in [-0.2, -0.15) is 8.78 Å². The zero-order chi connectivity index (χ0) is 15.5. The van der Waals surface area contributed by atoms with Crippen molar-refractivity contribution in [2.75, 3.05) is 0 Å². The number of ether oxygens (including phenoxy) is 2. The van der Waals surface area contributed by atoms with Crippen LogP contribution in [0.2, 0.25) is 0 Å². The van der Waals surface area contributed by atoms with Crippen molar-refractivity contribution in [3.63, 3.8) is 0 Å². The Bertz CT molecular complexity index is 498. The summed E-state index contributed by atoms with van der Waals surface area (Å²) in [7, 11) is 0. The van der Waals surface area contributed by atoms with Crippen LogP contribution in [0.4, 0.5) is 8.78 Å². The minimum Gasteiger partial charge on any atom is -0.391 e. The standard InChI is InChI=1S/C12H16F2N2O5/c1-4-3-16(10-9(21-10)15-8(4)19)11-12(13,14)7(18)6(20-11)5(2)17/h3,5-7,9-11,17-18H,1-2H3,(H,15,19). The number of nitrogens with zero attached hydrogens (tertiary/aromatic N) is 1. The van der Waals surface area contributed by atoms with E-state index in [-0.39, 0.29) is 5.57 Å². The van der Waals surface area contributed by atoms with Gasteiger partial charge in [0.2, 0.25) is 5.91 Å². The fourth-order valence-electron chi connectivity index (χ4n) is 2.56. The maximum atomic E-state index is 14.2. The van der Waals surface area contributed by atoms with Gasteiger partial charge in [-0.3, -0.25) is 4.79 Å². The van der Waals surface area contributed by atoms with E-state index < -0.39 is 48.8 Å². The van der Waals surface area contributed by atoms with Gasteiger partial charge in [-0.15, -0.1) is 0 Å². The molecule has 0 aromatic heterocycles. The Morgan fingerprint density at radius 1 is 1.48 bits per heavy atom. The van der Waals surface area contributed by atoms with Gasteiger partial charge in [0.05, 0.1) is 6.10 Å². The van der Waals surface area contributed by atoms with E-state index in [1.165, 1.54) is 20.0 Å². The second kappa shape index (κ2) is 4.60. The molecule has 2 fully saturated rings. The highest BCUT2D eigenvalue weighted by Gasteiger charge is 2.64. The molecule has 6 unspecified atom stereocenters. The van der Waals surface area contributed by atoms with Gasteiger partial charge in [0.25, 0.3) is 0 Å². The summed E-state index contributed by atoms with van der Waals surface area (Å²) >= 11 is 0. The summed E-state index contributed by atoms with van der Waals surface area (Å²) in [5.74, 6) is -4.03. The number of epoxide rings is 1. The number of aliphatic hydroxyl groups excluding tert-OH is 2. The van der Waals surface area contributed by atoms with Crippen molar-refractivity contribution in [1.29, 1.82) is 0 Å². The van der Waals surface area contributed by atoms with E-state index in [1.54, 1.807) is 0 Å². The van der Waals surface area contributed by atoms with Crippen LogP contribution in [0.15, 0.2) is 11.8 Å². The third-order valence-corrected chi connectivity index (χ3v) is 3.80. The number of fused-ring (bicyclic) bond motifs is 1. The lowest BCUT2D eigenvalue weighted by atomic mass is 10.1. The van der Waals surface area contributed by atoms with Crippen LogP contribution in [0.5, 0.6) is 0 Å². The number of carbonyl (C=O) groups excluding carboxylic acids is 1. The monoisotopic (exact) mass is 306 g/mol. The molecule has 9 heteroatoms. The van der Waals surface area contributed by atoms with Crippen molar-refractivity contribution in [3.05, 3.63) is 11.8 Å². The van der Waals surface area contributed by atoms with Gasteiger partial charge < -0.3 is 29.9 Å². The maximum Gasteiger partial charge on any atom is 0.319 e. The zero-order valence-corrected chi connectivity index (χ0v) is 11.4. The summed E-state index contributed by atoms with van der Waals surface area (Å²) in [6.07, 6.45) is -6.87. The van der Waals surface area contributed by atoms with E-state index >= 15 is 0 Å². The van der Waals surface area contributed by atoms with Crippen LogP contribution < -0.4 is 5.32 Å². The second-order valence-electron chi connectivity index (χ2n) is 5.49. The predicted molar refractivity (Wildman–Crippen MR) is 63.7 cm³/mol. The molecule has 7 nitrogen and oxygen atoms in total. The SMILES string of the molecule is CC1=CN(C2OC(C(C)O)C(O)C2(F)F)C2OC2NC1=O. The molecule has 3 N–H and O–H groups in total.